The summed E-state index contributed by atoms with van der Waals surface area (Å²) in [7, 11) is 0. The van der Waals surface area contributed by atoms with Gasteiger partial charge >= 0.3 is 0 Å². The molecule has 1 saturated heterocycles. The average Bonchev–Trinajstić information content (AvgIpc) is 2.53. The molecule has 2 rings (SSSR count). The lowest BCUT2D eigenvalue weighted by Crippen LogP contribution is -2.57. The maximum Gasteiger partial charge on any atom is 0.223 e. The van der Waals surface area contributed by atoms with E-state index in [0.717, 1.165) is 32.4 Å². The third-order valence-electron chi connectivity index (χ3n) is 4.53. The second-order valence-corrected chi connectivity index (χ2v) is 6.11. The summed E-state index contributed by atoms with van der Waals surface area (Å²) in [6, 6.07) is 9.31. The lowest BCUT2D eigenvalue weighted by Gasteiger charge is -2.40. The lowest BCUT2D eigenvalue weighted by molar-refractivity contribution is -0.135. The molecule has 0 spiro atoms. The van der Waals surface area contributed by atoms with Gasteiger partial charge in [0, 0.05) is 31.6 Å². The van der Waals surface area contributed by atoms with Crippen molar-refractivity contribution in [1.82, 2.24) is 10.2 Å². The minimum absolute atomic E-state index is 0.308. The molecule has 2 atom stereocenters. The Morgan fingerprint density at radius 3 is 2.57 bits per heavy atom. The van der Waals surface area contributed by atoms with Crippen molar-refractivity contribution in [3.63, 3.8) is 0 Å². The second kappa shape index (κ2) is 7.60. The fourth-order valence-electron chi connectivity index (χ4n) is 2.96. The number of carbonyl (C=O) groups excluding carboxylic acids is 1. The highest BCUT2D eigenvalue weighted by Gasteiger charge is 2.28. The predicted octanol–water partition coefficient (Wildman–Crippen LogP) is 2.92. The molecule has 21 heavy (non-hydrogen) atoms. The van der Waals surface area contributed by atoms with Crippen LogP contribution in [0.2, 0.25) is 0 Å². The maximum absolute atomic E-state index is 12.6. The number of carbonyl (C=O) groups is 1. The molecule has 0 saturated carbocycles. The molecule has 1 amide bonds. The lowest BCUT2D eigenvalue weighted by atomic mass is 10.0. The van der Waals surface area contributed by atoms with Crippen molar-refractivity contribution < 1.29 is 4.79 Å². The van der Waals surface area contributed by atoms with Crippen LogP contribution in [0.5, 0.6) is 0 Å². The van der Waals surface area contributed by atoms with Crippen LogP contribution in [0.3, 0.4) is 0 Å². The van der Waals surface area contributed by atoms with Crippen molar-refractivity contribution in [3.05, 3.63) is 35.4 Å². The first-order valence-corrected chi connectivity index (χ1v) is 8.22. The number of aryl methyl sites for hydroxylation is 2. The highest BCUT2D eigenvalue weighted by atomic mass is 16.2. The normalized spacial score (nSPS) is 22.3. The van der Waals surface area contributed by atoms with E-state index in [1.807, 2.05) is 0 Å². The molecule has 0 aromatic heterocycles. The molecule has 1 aromatic rings. The standard InChI is InChI=1S/C18H28N2O/c1-4-16-13-20(17(5-2)12-19-16)18(21)11-10-15-8-6-14(3)7-9-15/h6-9,16-17,19H,4-5,10-13H2,1-3H3. The Morgan fingerprint density at radius 2 is 1.95 bits per heavy atom. The molecule has 1 aliphatic heterocycles. The van der Waals surface area contributed by atoms with E-state index in [1.165, 1.54) is 11.1 Å². The van der Waals surface area contributed by atoms with Gasteiger partial charge < -0.3 is 10.2 Å². The molecule has 2 unspecified atom stereocenters. The Hall–Kier alpha value is -1.35. The molecule has 0 aliphatic carbocycles. The van der Waals surface area contributed by atoms with Crippen molar-refractivity contribution in [2.75, 3.05) is 13.1 Å². The van der Waals surface area contributed by atoms with E-state index in [4.69, 9.17) is 0 Å². The quantitative estimate of drug-likeness (QED) is 0.903. The van der Waals surface area contributed by atoms with Gasteiger partial charge in [-0.2, -0.15) is 0 Å². The van der Waals surface area contributed by atoms with Gasteiger partial charge in [0.25, 0.3) is 0 Å². The third kappa shape index (κ3) is 4.31. The van der Waals surface area contributed by atoms with Crippen LogP contribution in [-0.2, 0) is 11.2 Å². The Morgan fingerprint density at radius 1 is 1.24 bits per heavy atom. The zero-order chi connectivity index (χ0) is 15.2. The molecule has 0 radical (unpaired) electrons. The van der Waals surface area contributed by atoms with E-state index in [0.29, 0.717) is 24.4 Å². The molecule has 1 aliphatic rings. The van der Waals surface area contributed by atoms with E-state index < -0.39 is 0 Å². The number of hydrogen-bond acceptors (Lipinski definition) is 2. The van der Waals surface area contributed by atoms with E-state index in [2.05, 4.69) is 55.3 Å². The molecule has 116 valence electrons. The van der Waals surface area contributed by atoms with Crippen molar-refractivity contribution in [2.24, 2.45) is 0 Å². The van der Waals surface area contributed by atoms with Crippen LogP contribution in [0.1, 0.15) is 44.2 Å². The summed E-state index contributed by atoms with van der Waals surface area (Å²) < 4.78 is 0. The Kier molecular flexibility index (Phi) is 5.80. The monoisotopic (exact) mass is 288 g/mol. The number of amides is 1. The zero-order valence-corrected chi connectivity index (χ0v) is 13.6. The molecule has 3 heteroatoms. The highest BCUT2D eigenvalue weighted by Crippen LogP contribution is 2.15. The average molecular weight is 288 g/mol. The first kappa shape index (κ1) is 16.0. The number of piperazine rings is 1. The molecular weight excluding hydrogens is 260 g/mol. The Balaban J connectivity index is 1.92. The summed E-state index contributed by atoms with van der Waals surface area (Å²) in [4.78, 5) is 14.7. The molecular formula is C18H28N2O. The Bertz CT molecular complexity index is 455. The largest absolute Gasteiger partial charge is 0.337 e. The summed E-state index contributed by atoms with van der Waals surface area (Å²) in [6.07, 6.45) is 3.57. The zero-order valence-electron chi connectivity index (χ0n) is 13.6. The summed E-state index contributed by atoms with van der Waals surface area (Å²) in [6.45, 7) is 8.23. The van der Waals surface area contributed by atoms with Crippen molar-refractivity contribution in [3.8, 4) is 0 Å². The maximum atomic E-state index is 12.6. The van der Waals surface area contributed by atoms with E-state index in [-0.39, 0.29) is 0 Å². The van der Waals surface area contributed by atoms with Crippen LogP contribution in [0.4, 0.5) is 0 Å². The Labute approximate surface area is 128 Å². The van der Waals surface area contributed by atoms with Crippen LogP contribution in [-0.4, -0.2) is 36.0 Å². The van der Waals surface area contributed by atoms with Crippen molar-refractivity contribution in [2.45, 2.75) is 58.5 Å². The third-order valence-corrected chi connectivity index (χ3v) is 4.53. The smallest absolute Gasteiger partial charge is 0.223 e. The molecule has 3 nitrogen and oxygen atoms in total. The van der Waals surface area contributed by atoms with Crippen LogP contribution < -0.4 is 5.32 Å². The van der Waals surface area contributed by atoms with Gasteiger partial charge in [0.2, 0.25) is 5.91 Å². The fourth-order valence-corrected chi connectivity index (χ4v) is 2.96. The summed E-state index contributed by atoms with van der Waals surface area (Å²) in [5.41, 5.74) is 2.52. The van der Waals surface area contributed by atoms with E-state index >= 15 is 0 Å². The molecule has 0 bridgehead atoms. The van der Waals surface area contributed by atoms with Crippen LogP contribution >= 0.6 is 0 Å². The first-order chi connectivity index (χ1) is 10.1. The second-order valence-electron chi connectivity index (χ2n) is 6.11. The minimum Gasteiger partial charge on any atom is -0.337 e. The molecule has 1 fully saturated rings. The fraction of sp³-hybridized carbons (Fsp3) is 0.611. The number of nitrogens with zero attached hydrogens (tertiary/aromatic N) is 1. The van der Waals surface area contributed by atoms with Crippen LogP contribution in [0.25, 0.3) is 0 Å². The SMILES string of the molecule is CCC1CN(C(=O)CCc2ccc(C)cc2)C(CC)CN1. The predicted molar refractivity (Wildman–Crippen MR) is 87.4 cm³/mol. The molecule has 1 heterocycles. The molecule has 1 aromatic carbocycles. The van der Waals surface area contributed by atoms with Gasteiger partial charge in [0.05, 0.1) is 0 Å². The summed E-state index contributed by atoms with van der Waals surface area (Å²) in [5, 5.41) is 3.54. The van der Waals surface area contributed by atoms with Gasteiger partial charge in [0.15, 0.2) is 0 Å². The van der Waals surface area contributed by atoms with E-state index in [1.54, 1.807) is 0 Å². The minimum atomic E-state index is 0.308. The first-order valence-electron chi connectivity index (χ1n) is 8.22. The number of hydrogen-bond donors (Lipinski definition) is 1. The van der Waals surface area contributed by atoms with Gasteiger partial charge in [-0.05, 0) is 31.7 Å². The van der Waals surface area contributed by atoms with Gasteiger partial charge in [-0.15, -0.1) is 0 Å². The van der Waals surface area contributed by atoms with Gasteiger partial charge in [-0.1, -0.05) is 43.7 Å². The number of benzene rings is 1. The van der Waals surface area contributed by atoms with E-state index in [9.17, 15) is 4.79 Å². The number of rotatable bonds is 5. The van der Waals surface area contributed by atoms with Crippen LogP contribution in [0, 0.1) is 6.92 Å². The summed E-state index contributed by atoms with van der Waals surface area (Å²) >= 11 is 0. The van der Waals surface area contributed by atoms with Gasteiger partial charge in [-0.25, -0.2) is 0 Å². The van der Waals surface area contributed by atoms with Gasteiger partial charge in [-0.3, -0.25) is 4.79 Å². The molecule has 1 N–H and O–H groups in total. The van der Waals surface area contributed by atoms with Crippen LogP contribution in [0.15, 0.2) is 24.3 Å². The van der Waals surface area contributed by atoms with Crippen molar-refractivity contribution >= 4 is 5.91 Å². The van der Waals surface area contributed by atoms with Crippen molar-refractivity contribution in [1.29, 1.82) is 0 Å². The number of nitrogens with one attached hydrogen (secondary N) is 1. The topological polar surface area (TPSA) is 32.3 Å². The van der Waals surface area contributed by atoms with Gasteiger partial charge in [0.1, 0.15) is 0 Å². The summed E-state index contributed by atoms with van der Waals surface area (Å²) in [5.74, 6) is 0.308. The highest BCUT2D eigenvalue weighted by molar-refractivity contribution is 5.77.